The minimum atomic E-state index is -0.157. The number of aromatic nitrogens is 5. The van der Waals surface area contributed by atoms with Gasteiger partial charge in [-0.1, -0.05) is 0 Å². The van der Waals surface area contributed by atoms with Gasteiger partial charge in [0.25, 0.3) is 5.91 Å². The van der Waals surface area contributed by atoms with E-state index in [1.165, 1.54) is 12.0 Å². The number of amides is 1. The molecule has 2 aliphatic heterocycles. The lowest BCUT2D eigenvalue weighted by molar-refractivity contribution is -0.118. The summed E-state index contributed by atoms with van der Waals surface area (Å²) in [6, 6.07) is -0.157. The van der Waals surface area contributed by atoms with Crippen LogP contribution in [-0.4, -0.2) is 56.0 Å². The zero-order chi connectivity index (χ0) is 18.4. The quantitative estimate of drug-likeness (QED) is 0.863. The molecule has 0 aromatic carbocycles. The van der Waals surface area contributed by atoms with Crippen LogP contribution in [0.4, 0.5) is 5.95 Å². The highest BCUT2D eigenvalue weighted by Crippen LogP contribution is 2.32. The molecule has 0 saturated heterocycles. The number of nitrogens with one attached hydrogen (secondary N) is 1. The number of hydrogen-bond donors (Lipinski definition) is 1. The Bertz CT molecular complexity index is 879. The smallest absolute Gasteiger partial charge is 0.251 e. The Morgan fingerprint density at radius 1 is 1.31 bits per heavy atom. The topological polar surface area (TPSA) is 84.1 Å². The summed E-state index contributed by atoms with van der Waals surface area (Å²) < 4.78 is 3.81. The number of likely N-dealkylation sites (N-methyl/N-ethyl adjacent to an activating group) is 1. The van der Waals surface area contributed by atoms with E-state index in [-0.39, 0.29) is 11.9 Å². The lowest BCUT2D eigenvalue weighted by Crippen LogP contribution is -2.37. The molecular formula is C17H24N8O. The standard InChI is InChI=1S/C17H24N8O/c1-11-15(12(2)25-17(23(11)4)19-10-21-25)16(26)18-7-13-8-20-24-6-5-22(3)9-14(13)24/h8,10,12H,5-7,9H2,1-4H3,(H,18,26). The van der Waals surface area contributed by atoms with Gasteiger partial charge in [0.1, 0.15) is 6.33 Å². The fourth-order valence-corrected chi connectivity index (χ4v) is 3.71. The summed E-state index contributed by atoms with van der Waals surface area (Å²) in [5.74, 6) is 0.674. The first kappa shape index (κ1) is 16.8. The Morgan fingerprint density at radius 2 is 2.12 bits per heavy atom. The molecule has 1 atom stereocenters. The van der Waals surface area contributed by atoms with Crippen molar-refractivity contribution in [3.05, 3.63) is 35.1 Å². The lowest BCUT2D eigenvalue weighted by Gasteiger charge is -2.31. The zero-order valence-corrected chi connectivity index (χ0v) is 15.6. The molecule has 4 rings (SSSR count). The van der Waals surface area contributed by atoms with E-state index in [9.17, 15) is 4.79 Å². The van der Waals surface area contributed by atoms with Crippen LogP contribution < -0.4 is 10.2 Å². The third-order valence-electron chi connectivity index (χ3n) is 5.36. The van der Waals surface area contributed by atoms with E-state index in [4.69, 9.17) is 0 Å². The maximum absolute atomic E-state index is 12.9. The molecular weight excluding hydrogens is 332 g/mol. The van der Waals surface area contributed by atoms with Gasteiger partial charge in [-0.3, -0.25) is 14.4 Å². The SMILES string of the molecule is CC1=C(C(=O)NCc2cnn3c2CN(C)CC3)C(C)n2ncnc2N1C. The van der Waals surface area contributed by atoms with Crippen molar-refractivity contribution in [2.75, 3.05) is 25.5 Å². The van der Waals surface area contributed by atoms with Crippen molar-refractivity contribution in [2.24, 2.45) is 0 Å². The molecule has 2 aromatic heterocycles. The largest absolute Gasteiger partial charge is 0.348 e. The predicted octanol–water partition coefficient (Wildman–Crippen LogP) is 0.521. The first-order chi connectivity index (χ1) is 12.5. The highest BCUT2D eigenvalue weighted by molar-refractivity contribution is 5.96. The van der Waals surface area contributed by atoms with E-state index in [0.29, 0.717) is 12.1 Å². The van der Waals surface area contributed by atoms with E-state index in [0.717, 1.165) is 36.8 Å². The van der Waals surface area contributed by atoms with E-state index >= 15 is 0 Å². The van der Waals surface area contributed by atoms with Crippen LogP contribution in [0.1, 0.15) is 31.1 Å². The van der Waals surface area contributed by atoms with E-state index in [2.05, 4.69) is 32.4 Å². The van der Waals surface area contributed by atoms with Crippen molar-refractivity contribution < 1.29 is 4.79 Å². The third-order valence-corrected chi connectivity index (χ3v) is 5.36. The van der Waals surface area contributed by atoms with Crippen molar-refractivity contribution >= 4 is 11.9 Å². The van der Waals surface area contributed by atoms with Crippen molar-refractivity contribution in [2.45, 2.75) is 39.5 Å². The number of fused-ring (bicyclic) bond motifs is 2. The van der Waals surface area contributed by atoms with Crippen LogP contribution in [0.2, 0.25) is 0 Å². The molecule has 0 saturated carbocycles. The molecule has 1 amide bonds. The lowest BCUT2D eigenvalue weighted by atomic mass is 10.0. The van der Waals surface area contributed by atoms with Crippen LogP contribution in [0.3, 0.4) is 0 Å². The molecule has 0 radical (unpaired) electrons. The number of carbonyl (C=O) groups is 1. The predicted molar refractivity (Wildman–Crippen MR) is 96.2 cm³/mol. The van der Waals surface area contributed by atoms with Crippen LogP contribution in [0, 0.1) is 0 Å². The highest BCUT2D eigenvalue weighted by Gasteiger charge is 2.31. The molecule has 2 aliphatic rings. The maximum Gasteiger partial charge on any atom is 0.251 e. The van der Waals surface area contributed by atoms with Crippen LogP contribution in [0.15, 0.2) is 23.8 Å². The first-order valence-corrected chi connectivity index (χ1v) is 8.81. The van der Waals surface area contributed by atoms with Gasteiger partial charge >= 0.3 is 0 Å². The van der Waals surface area contributed by atoms with Gasteiger partial charge in [-0.15, -0.1) is 0 Å². The highest BCUT2D eigenvalue weighted by atomic mass is 16.1. The molecule has 138 valence electrons. The summed E-state index contributed by atoms with van der Waals surface area (Å²) in [5.41, 5.74) is 3.86. The molecule has 26 heavy (non-hydrogen) atoms. The second-order valence-corrected chi connectivity index (χ2v) is 7.00. The van der Waals surface area contributed by atoms with Gasteiger partial charge in [0.15, 0.2) is 0 Å². The summed E-state index contributed by atoms with van der Waals surface area (Å²) in [7, 11) is 4.00. The fraction of sp³-hybridized carbons (Fsp3) is 0.529. The maximum atomic E-state index is 12.9. The second kappa shape index (κ2) is 6.24. The zero-order valence-electron chi connectivity index (χ0n) is 15.6. The summed E-state index contributed by atoms with van der Waals surface area (Å²) in [5, 5.41) is 11.8. The number of nitrogens with zero attached hydrogens (tertiary/aromatic N) is 7. The molecule has 0 spiro atoms. The Morgan fingerprint density at radius 3 is 2.92 bits per heavy atom. The number of rotatable bonds is 3. The van der Waals surface area contributed by atoms with Gasteiger partial charge in [-0.2, -0.15) is 15.2 Å². The number of anilines is 1. The summed E-state index contributed by atoms with van der Waals surface area (Å²) in [6.45, 7) is 7.13. The number of hydrogen-bond acceptors (Lipinski definition) is 6. The number of carbonyl (C=O) groups excluding carboxylic acids is 1. The molecule has 0 bridgehead atoms. The molecule has 4 heterocycles. The van der Waals surface area contributed by atoms with Gasteiger partial charge in [-0.25, -0.2) is 4.68 Å². The van der Waals surface area contributed by atoms with E-state index in [1.54, 1.807) is 4.68 Å². The molecule has 0 fully saturated rings. The monoisotopic (exact) mass is 356 g/mol. The van der Waals surface area contributed by atoms with Crippen molar-refractivity contribution in [3.63, 3.8) is 0 Å². The average Bonchev–Trinajstić information content (AvgIpc) is 3.25. The summed E-state index contributed by atoms with van der Waals surface area (Å²) in [4.78, 5) is 21.4. The molecule has 9 nitrogen and oxygen atoms in total. The van der Waals surface area contributed by atoms with Gasteiger partial charge in [-0.05, 0) is 20.9 Å². The molecule has 9 heteroatoms. The Hall–Kier alpha value is -2.68. The average molecular weight is 356 g/mol. The second-order valence-electron chi connectivity index (χ2n) is 7.00. The minimum Gasteiger partial charge on any atom is -0.348 e. The first-order valence-electron chi connectivity index (χ1n) is 8.81. The summed E-state index contributed by atoms with van der Waals surface area (Å²) >= 11 is 0. The Balaban J connectivity index is 1.52. The van der Waals surface area contributed by atoms with Gasteiger partial charge in [0.2, 0.25) is 5.95 Å². The Labute approximate surface area is 152 Å². The summed E-state index contributed by atoms with van der Waals surface area (Å²) in [6.07, 6.45) is 3.38. The van der Waals surface area contributed by atoms with Gasteiger partial charge in [0, 0.05) is 37.9 Å². The molecule has 1 unspecified atom stereocenters. The van der Waals surface area contributed by atoms with Crippen LogP contribution in [0.25, 0.3) is 0 Å². The number of allylic oxidation sites excluding steroid dienone is 1. The van der Waals surface area contributed by atoms with E-state index < -0.39 is 0 Å². The Kier molecular flexibility index (Phi) is 4.03. The minimum absolute atomic E-state index is 0.0767. The fourth-order valence-electron chi connectivity index (χ4n) is 3.71. The third kappa shape index (κ3) is 2.59. The van der Waals surface area contributed by atoms with Crippen molar-refractivity contribution in [1.82, 2.24) is 34.8 Å². The molecule has 0 aliphatic carbocycles. The van der Waals surface area contributed by atoms with Gasteiger partial charge < -0.3 is 10.2 Å². The van der Waals surface area contributed by atoms with Crippen LogP contribution in [0.5, 0.6) is 0 Å². The molecule has 2 aromatic rings. The van der Waals surface area contributed by atoms with Crippen molar-refractivity contribution in [3.8, 4) is 0 Å². The van der Waals surface area contributed by atoms with Crippen LogP contribution in [-0.2, 0) is 24.4 Å². The normalized spacial score (nSPS) is 20.2. The van der Waals surface area contributed by atoms with Crippen molar-refractivity contribution in [1.29, 1.82) is 0 Å². The van der Waals surface area contributed by atoms with Gasteiger partial charge in [0.05, 0.1) is 30.1 Å². The van der Waals surface area contributed by atoms with Crippen LogP contribution >= 0.6 is 0 Å². The molecule has 1 N–H and O–H groups in total. The van der Waals surface area contributed by atoms with E-state index in [1.807, 2.05) is 36.7 Å².